The molecule has 41 heavy (non-hydrogen) atoms. The molecule has 0 saturated heterocycles. The van der Waals surface area contributed by atoms with Gasteiger partial charge in [0, 0.05) is 35.7 Å². The lowest BCUT2D eigenvalue weighted by atomic mass is 10.1. The predicted molar refractivity (Wildman–Crippen MR) is 158 cm³/mol. The Morgan fingerprint density at radius 1 is 1.10 bits per heavy atom. The van der Waals surface area contributed by atoms with Crippen molar-refractivity contribution in [3.63, 3.8) is 0 Å². The van der Waals surface area contributed by atoms with Gasteiger partial charge >= 0.3 is 0 Å². The summed E-state index contributed by atoms with van der Waals surface area (Å²) >= 11 is 7.29. The van der Waals surface area contributed by atoms with Crippen molar-refractivity contribution in [2.24, 2.45) is 9.98 Å². The Bertz CT molecular complexity index is 1820. The highest BCUT2D eigenvalue weighted by Crippen LogP contribution is 2.34. The third-order valence-corrected chi connectivity index (χ3v) is 7.82. The first-order valence-electron chi connectivity index (χ1n) is 12.7. The number of methoxy groups -OCH3 is 1. The van der Waals surface area contributed by atoms with Gasteiger partial charge in [0.2, 0.25) is 5.91 Å². The van der Waals surface area contributed by atoms with Crippen molar-refractivity contribution in [1.82, 2.24) is 19.6 Å². The van der Waals surface area contributed by atoms with Crippen LogP contribution in [-0.4, -0.2) is 50.3 Å². The average molecular weight is 587 g/mol. The molecule has 0 spiro atoms. The fourth-order valence-electron chi connectivity index (χ4n) is 4.66. The maximum Gasteiger partial charge on any atom is 0.259 e. The predicted octanol–water partition coefficient (Wildman–Crippen LogP) is 3.95. The maximum atomic E-state index is 13.6. The minimum atomic E-state index is -0.896. The molecule has 6 rings (SSSR count). The second-order valence-corrected chi connectivity index (χ2v) is 10.7. The van der Waals surface area contributed by atoms with Gasteiger partial charge in [-0.1, -0.05) is 53.7 Å². The normalized spacial score (nSPS) is 15.7. The molecule has 0 radical (unpaired) electrons. The fourth-order valence-corrected chi connectivity index (χ4v) is 5.71. The summed E-state index contributed by atoms with van der Waals surface area (Å²) < 4.78 is 6.73. The minimum absolute atomic E-state index is 0.111. The topological polar surface area (TPSA) is 118 Å². The average Bonchev–Trinajstić information content (AvgIpc) is 3.31. The lowest BCUT2D eigenvalue weighted by Crippen LogP contribution is -2.42. The molecular weight excluding hydrogens is 564 g/mol. The van der Waals surface area contributed by atoms with E-state index in [0.29, 0.717) is 44.4 Å². The van der Waals surface area contributed by atoms with Crippen molar-refractivity contribution in [1.29, 1.82) is 0 Å². The first kappa shape index (κ1) is 26.7. The molecule has 1 N–H and O–H groups in total. The molecule has 10 nitrogen and oxygen atoms in total. The number of aliphatic imine (C=N–C) groups is 2. The largest absolute Gasteiger partial charge is 0.496 e. The molecule has 2 aromatic heterocycles. The summed E-state index contributed by atoms with van der Waals surface area (Å²) in [5, 5.41) is 3.70. The van der Waals surface area contributed by atoms with Gasteiger partial charge in [-0.2, -0.15) is 0 Å². The summed E-state index contributed by atoms with van der Waals surface area (Å²) in [6.45, 7) is 0.264. The zero-order valence-corrected chi connectivity index (χ0v) is 23.4. The van der Waals surface area contributed by atoms with E-state index in [-0.39, 0.29) is 36.1 Å². The quantitative estimate of drug-likeness (QED) is 0.350. The zero-order valence-electron chi connectivity index (χ0n) is 21.8. The number of benzene rings is 2. The van der Waals surface area contributed by atoms with E-state index in [9.17, 15) is 14.4 Å². The highest BCUT2D eigenvalue weighted by molar-refractivity contribution is 8.13. The molecule has 206 valence electrons. The van der Waals surface area contributed by atoms with Crippen molar-refractivity contribution >= 4 is 57.5 Å². The highest BCUT2D eigenvalue weighted by atomic mass is 35.5. The van der Waals surface area contributed by atoms with Gasteiger partial charge in [0.25, 0.3) is 11.5 Å². The lowest BCUT2D eigenvalue weighted by Gasteiger charge is -2.25. The van der Waals surface area contributed by atoms with E-state index in [1.807, 2.05) is 48.5 Å². The number of pyridine rings is 1. The van der Waals surface area contributed by atoms with Crippen LogP contribution in [0, 0.1) is 0 Å². The number of thioether (sulfide) groups is 1. The standard InChI is InChI=1S/C29H23ClN6O4S/c1-40-23-9-5-2-6-17(23)14-31-25(37)13-22-28(39)36-27(33-22)20-7-3-4-8-21(20)34-29(36)41-16-19-12-26(38)35-15-18(30)10-11-24(35)32-19/h2-12,15,22H,13-14,16H2,1H3,(H,31,37). The van der Waals surface area contributed by atoms with Crippen LogP contribution in [0.4, 0.5) is 5.69 Å². The van der Waals surface area contributed by atoms with Crippen LogP contribution in [0.5, 0.6) is 5.75 Å². The smallest absolute Gasteiger partial charge is 0.259 e. The Labute approximate surface area is 243 Å². The van der Waals surface area contributed by atoms with Crippen molar-refractivity contribution in [2.75, 3.05) is 7.11 Å². The van der Waals surface area contributed by atoms with Crippen molar-refractivity contribution in [3.8, 4) is 5.75 Å². The van der Waals surface area contributed by atoms with Crippen LogP contribution in [0.2, 0.25) is 5.02 Å². The van der Waals surface area contributed by atoms with Crippen LogP contribution in [0.3, 0.4) is 0 Å². The third-order valence-electron chi connectivity index (χ3n) is 6.62. The van der Waals surface area contributed by atoms with E-state index in [1.165, 1.54) is 33.3 Å². The lowest BCUT2D eigenvalue weighted by molar-refractivity contribution is -0.128. The number of para-hydroxylation sites is 2. The molecule has 0 bridgehead atoms. The SMILES string of the molecule is COc1ccccc1CNC(=O)CC1N=C2c3ccccc3N=C(SCc3cc(=O)n4cc(Cl)ccc4n3)N2C1=O. The van der Waals surface area contributed by atoms with Gasteiger partial charge in [-0.25, -0.2) is 14.9 Å². The van der Waals surface area contributed by atoms with E-state index in [4.69, 9.17) is 21.3 Å². The summed E-state index contributed by atoms with van der Waals surface area (Å²) in [5.41, 5.74) is 2.94. The van der Waals surface area contributed by atoms with Crippen LogP contribution in [0.25, 0.3) is 5.65 Å². The Balaban J connectivity index is 1.21. The van der Waals surface area contributed by atoms with Gasteiger partial charge in [-0.15, -0.1) is 0 Å². The number of fused-ring (bicyclic) bond motifs is 4. The molecule has 0 saturated carbocycles. The monoisotopic (exact) mass is 586 g/mol. The zero-order chi connectivity index (χ0) is 28.5. The fraction of sp³-hybridized carbons (Fsp3) is 0.172. The second-order valence-electron chi connectivity index (χ2n) is 9.30. The summed E-state index contributed by atoms with van der Waals surface area (Å²) in [5.74, 6) is 0.764. The number of carbonyl (C=O) groups is 2. The van der Waals surface area contributed by atoms with Crippen LogP contribution >= 0.6 is 23.4 Å². The molecule has 0 aliphatic carbocycles. The molecule has 2 aliphatic heterocycles. The third kappa shape index (κ3) is 5.33. The maximum absolute atomic E-state index is 13.6. The van der Waals surface area contributed by atoms with Crippen LogP contribution < -0.4 is 15.6 Å². The molecule has 2 aliphatic rings. The number of halogens is 1. The van der Waals surface area contributed by atoms with E-state index in [1.54, 1.807) is 19.2 Å². The Morgan fingerprint density at radius 2 is 1.90 bits per heavy atom. The molecule has 4 aromatic rings. The van der Waals surface area contributed by atoms with E-state index in [2.05, 4.69) is 15.3 Å². The number of rotatable bonds is 7. The second kappa shape index (κ2) is 11.2. The Kier molecular flexibility index (Phi) is 7.29. The molecule has 2 aromatic carbocycles. The summed E-state index contributed by atoms with van der Waals surface area (Å²) in [7, 11) is 1.57. The van der Waals surface area contributed by atoms with E-state index in [0.717, 1.165) is 5.56 Å². The first-order chi connectivity index (χ1) is 19.9. The summed E-state index contributed by atoms with van der Waals surface area (Å²) in [6.07, 6.45) is 1.41. The van der Waals surface area contributed by atoms with Crippen LogP contribution in [-0.2, 0) is 21.9 Å². The summed E-state index contributed by atoms with van der Waals surface area (Å²) in [6, 6.07) is 18.7. The molecule has 2 amide bonds. The summed E-state index contributed by atoms with van der Waals surface area (Å²) in [4.78, 5) is 54.4. The van der Waals surface area contributed by atoms with Gasteiger partial charge in [-0.3, -0.25) is 23.8 Å². The molecule has 12 heteroatoms. The van der Waals surface area contributed by atoms with Crippen LogP contribution in [0.1, 0.15) is 23.2 Å². The van der Waals surface area contributed by atoms with E-state index < -0.39 is 6.04 Å². The number of nitrogens with one attached hydrogen (secondary N) is 1. The van der Waals surface area contributed by atoms with Gasteiger partial charge in [0.15, 0.2) is 5.17 Å². The number of hydrogen-bond donors (Lipinski definition) is 1. The molecule has 1 unspecified atom stereocenters. The molecular formula is C29H23ClN6O4S. The number of amides is 2. The van der Waals surface area contributed by atoms with E-state index >= 15 is 0 Å². The number of aromatic nitrogens is 2. The number of ether oxygens (including phenoxy) is 1. The number of hydrogen-bond acceptors (Lipinski definition) is 8. The van der Waals surface area contributed by atoms with Gasteiger partial charge in [-0.05, 0) is 30.3 Å². The minimum Gasteiger partial charge on any atom is -0.496 e. The molecule has 1 atom stereocenters. The number of carbonyl (C=O) groups excluding carboxylic acids is 2. The molecule has 4 heterocycles. The van der Waals surface area contributed by atoms with Crippen LogP contribution in [0.15, 0.2) is 87.7 Å². The molecule has 0 fully saturated rings. The van der Waals surface area contributed by atoms with Crippen molar-refractivity contribution in [2.45, 2.75) is 24.8 Å². The Hall–Kier alpha value is -4.48. The number of amidine groups is 2. The van der Waals surface area contributed by atoms with Crippen molar-refractivity contribution < 1.29 is 14.3 Å². The Morgan fingerprint density at radius 3 is 2.76 bits per heavy atom. The van der Waals surface area contributed by atoms with Gasteiger partial charge in [0.05, 0.1) is 29.9 Å². The van der Waals surface area contributed by atoms with Gasteiger partial charge in [0.1, 0.15) is 23.3 Å². The van der Waals surface area contributed by atoms with Crippen molar-refractivity contribution in [3.05, 3.63) is 105 Å². The highest BCUT2D eigenvalue weighted by Gasteiger charge is 2.42. The first-order valence-corrected chi connectivity index (χ1v) is 14.1. The number of nitrogens with zero attached hydrogens (tertiary/aromatic N) is 5. The van der Waals surface area contributed by atoms with Gasteiger partial charge < -0.3 is 10.1 Å².